The van der Waals surface area contributed by atoms with Crippen molar-refractivity contribution in [2.45, 2.75) is 26.2 Å². The van der Waals surface area contributed by atoms with E-state index >= 15 is 0 Å². The molecule has 14 nitrogen and oxygen atoms in total. The predicted octanol–water partition coefficient (Wildman–Crippen LogP) is 1.60. The molecular formula is C29H45N7O7. The number of carbonyl (C=O) groups is 3. The van der Waals surface area contributed by atoms with E-state index in [9.17, 15) is 9.59 Å². The Bertz CT molecular complexity index is 1150. The van der Waals surface area contributed by atoms with Gasteiger partial charge in [0.05, 0.1) is 19.7 Å². The van der Waals surface area contributed by atoms with Gasteiger partial charge in [-0.05, 0) is 56.0 Å². The van der Waals surface area contributed by atoms with Crippen LogP contribution in [-0.2, 0) is 25.5 Å². The molecule has 1 saturated heterocycles. The first-order chi connectivity index (χ1) is 20.8. The number of nitrogens with two attached hydrogens (primary N) is 1. The molecule has 3 rings (SSSR count). The molecule has 0 unspecified atom stereocenters. The van der Waals surface area contributed by atoms with E-state index in [1.807, 2.05) is 25.2 Å². The van der Waals surface area contributed by atoms with Gasteiger partial charge in [0.2, 0.25) is 12.3 Å². The third-order valence-electron chi connectivity index (χ3n) is 7.01. The zero-order valence-corrected chi connectivity index (χ0v) is 25.5. The monoisotopic (exact) mass is 603 g/mol. The van der Waals surface area contributed by atoms with Gasteiger partial charge >= 0.3 is 6.01 Å². The first-order valence-electron chi connectivity index (χ1n) is 14.2. The lowest BCUT2D eigenvalue weighted by atomic mass is 9.96. The van der Waals surface area contributed by atoms with E-state index in [4.69, 9.17) is 29.8 Å². The summed E-state index contributed by atoms with van der Waals surface area (Å²) in [6.07, 6.45) is 3.42. The van der Waals surface area contributed by atoms with Crippen molar-refractivity contribution in [3.63, 3.8) is 0 Å². The number of nitrogen functional groups attached to an aromatic ring is 1. The number of methoxy groups -OCH3 is 1. The third kappa shape index (κ3) is 11.6. The number of hydrogen-bond donors (Lipinski definition) is 3. The van der Waals surface area contributed by atoms with Crippen LogP contribution in [0.4, 0.5) is 17.3 Å². The first kappa shape index (κ1) is 35.0. The van der Waals surface area contributed by atoms with Gasteiger partial charge in [0.15, 0.2) is 11.6 Å². The number of likely N-dealkylation sites (N-methyl/N-ethyl adjacent to an activating group) is 1. The molecule has 0 atom stereocenters. The van der Waals surface area contributed by atoms with Crippen molar-refractivity contribution >= 4 is 36.1 Å². The summed E-state index contributed by atoms with van der Waals surface area (Å²) in [5, 5.41) is 9.88. The lowest BCUT2D eigenvalue weighted by molar-refractivity contribution is -0.131. The van der Waals surface area contributed by atoms with Crippen LogP contribution in [0.2, 0.25) is 0 Å². The van der Waals surface area contributed by atoms with E-state index in [1.54, 1.807) is 24.0 Å². The maximum Gasteiger partial charge on any atom is 0.320 e. The maximum absolute atomic E-state index is 12.8. The molecule has 1 aliphatic heterocycles. The molecule has 43 heavy (non-hydrogen) atoms. The second-order valence-electron chi connectivity index (χ2n) is 9.93. The summed E-state index contributed by atoms with van der Waals surface area (Å²) in [7, 11) is 5.09. The zero-order valence-electron chi connectivity index (χ0n) is 25.5. The van der Waals surface area contributed by atoms with Gasteiger partial charge in [0.1, 0.15) is 24.7 Å². The van der Waals surface area contributed by atoms with Crippen molar-refractivity contribution in [1.82, 2.24) is 19.8 Å². The van der Waals surface area contributed by atoms with Gasteiger partial charge < -0.3 is 35.3 Å². The largest absolute Gasteiger partial charge is 0.492 e. The summed E-state index contributed by atoms with van der Waals surface area (Å²) in [5.74, 6) is 1.72. The van der Waals surface area contributed by atoms with E-state index in [0.717, 1.165) is 44.5 Å². The van der Waals surface area contributed by atoms with Gasteiger partial charge in [-0.3, -0.25) is 24.2 Å². The standard InChI is InChI=1S/C28H43N7O5.CH2O2/c1-5-21-7-6-8-23(17-21)39-14-13-33(3)24(37)19-34-11-9-22(10-12-34)18-35(20-36)27-25(30-2)26(29)31-28(32-27)40-16-15-38-4;2-1-3/h6-8,17,20,22,30H,5,9-16,18-19H2,1-4H3,(H2,29,31,32);1H,(H,2,3). The van der Waals surface area contributed by atoms with Crippen molar-refractivity contribution in [3.8, 4) is 11.8 Å². The minimum absolute atomic E-state index is 0.0648. The average molecular weight is 604 g/mol. The van der Waals surface area contributed by atoms with Crippen LogP contribution in [0.25, 0.3) is 0 Å². The second kappa shape index (κ2) is 19.1. The molecular weight excluding hydrogens is 558 g/mol. The van der Waals surface area contributed by atoms with Crippen LogP contribution in [-0.4, -0.2) is 117 Å². The van der Waals surface area contributed by atoms with Crippen LogP contribution in [0.3, 0.4) is 0 Å². The van der Waals surface area contributed by atoms with E-state index in [1.165, 1.54) is 5.56 Å². The number of nitrogens with one attached hydrogen (secondary N) is 1. The summed E-state index contributed by atoms with van der Waals surface area (Å²) in [4.78, 5) is 47.3. The van der Waals surface area contributed by atoms with Crippen LogP contribution in [0.5, 0.6) is 11.8 Å². The molecule has 0 bridgehead atoms. The van der Waals surface area contributed by atoms with Crippen molar-refractivity contribution in [2.75, 3.05) is 89.7 Å². The number of piperidine rings is 1. The van der Waals surface area contributed by atoms with Crippen LogP contribution in [0.15, 0.2) is 24.3 Å². The Hall–Kier alpha value is -4.17. The number of ether oxygens (including phenoxy) is 3. The lowest BCUT2D eigenvalue weighted by Crippen LogP contribution is -2.44. The van der Waals surface area contributed by atoms with Crippen LogP contribution in [0, 0.1) is 5.92 Å². The Balaban J connectivity index is 0.00000206. The van der Waals surface area contributed by atoms with Gasteiger partial charge in [-0.2, -0.15) is 9.97 Å². The number of benzene rings is 1. The van der Waals surface area contributed by atoms with Gasteiger partial charge in [0, 0.05) is 27.7 Å². The highest BCUT2D eigenvalue weighted by Crippen LogP contribution is 2.31. The number of rotatable bonds is 16. The van der Waals surface area contributed by atoms with E-state index in [2.05, 4.69) is 33.2 Å². The number of aryl methyl sites for hydroxylation is 1. The number of nitrogens with zero attached hydrogens (tertiary/aromatic N) is 5. The smallest absolute Gasteiger partial charge is 0.320 e. The Kier molecular flexibility index (Phi) is 15.6. The summed E-state index contributed by atoms with van der Waals surface area (Å²) < 4.78 is 16.4. The molecule has 2 aromatic rings. The molecule has 1 aromatic carbocycles. The molecule has 1 aliphatic rings. The molecule has 14 heteroatoms. The van der Waals surface area contributed by atoms with Crippen molar-refractivity contribution in [2.24, 2.45) is 5.92 Å². The second-order valence-corrected chi connectivity index (χ2v) is 9.93. The molecule has 4 N–H and O–H groups in total. The Morgan fingerprint density at radius 3 is 2.53 bits per heavy atom. The first-order valence-corrected chi connectivity index (χ1v) is 14.2. The van der Waals surface area contributed by atoms with Gasteiger partial charge in [-0.1, -0.05) is 19.1 Å². The minimum atomic E-state index is -0.250. The van der Waals surface area contributed by atoms with Crippen molar-refractivity contribution in [3.05, 3.63) is 29.8 Å². The summed E-state index contributed by atoms with van der Waals surface area (Å²) in [6.45, 7) is 5.85. The van der Waals surface area contributed by atoms with E-state index < -0.39 is 0 Å². The predicted molar refractivity (Wildman–Crippen MR) is 164 cm³/mol. The number of carbonyl (C=O) groups excluding carboxylic acids is 2. The Labute approximate surface area is 253 Å². The lowest BCUT2D eigenvalue weighted by Gasteiger charge is -2.34. The third-order valence-corrected chi connectivity index (χ3v) is 7.01. The van der Waals surface area contributed by atoms with Crippen molar-refractivity contribution < 1.29 is 33.7 Å². The average Bonchev–Trinajstić information content (AvgIpc) is 3.01. The fourth-order valence-corrected chi connectivity index (χ4v) is 4.55. The molecule has 1 fully saturated rings. The fourth-order valence-electron chi connectivity index (χ4n) is 4.55. The quantitative estimate of drug-likeness (QED) is 0.187. The Morgan fingerprint density at radius 1 is 1.19 bits per heavy atom. The van der Waals surface area contributed by atoms with Gasteiger partial charge in [-0.15, -0.1) is 0 Å². The van der Waals surface area contributed by atoms with Crippen molar-refractivity contribution in [1.29, 1.82) is 0 Å². The van der Waals surface area contributed by atoms with Gasteiger partial charge in [0.25, 0.3) is 6.47 Å². The molecule has 0 spiro atoms. The molecule has 0 saturated carbocycles. The highest BCUT2D eigenvalue weighted by atomic mass is 16.5. The fraction of sp³-hybridized carbons (Fsp3) is 0.552. The molecule has 238 valence electrons. The van der Waals surface area contributed by atoms with E-state index in [0.29, 0.717) is 44.4 Å². The normalized spacial score (nSPS) is 13.3. The van der Waals surface area contributed by atoms with E-state index in [-0.39, 0.29) is 36.7 Å². The van der Waals surface area contributed by atoms with Gasteiger partial charge in [-0.25, -0.2) is 0 Å². The highest BCUT2D eigenvalue weighted by Gasteiger charge is 2.26. The number of hydrogen-bond acceptors (Lipinski definition) is 11. The molecule has 0 radical (unpaired) electrons. The molecule has 2 amide bonds. The maximum atomic E-state index is 12.8. The molecule has 2 heterocycles. The topological polar surface area (TPSA) is 173 Å². The summed E-state index contributed by atoms with van der Waals surface area (Å²) >= 11 is 0. The van der Waals surface area contributed by atoms with Crippen LogP contribution >= 0.6 is 0 Å². The summed E-state index contributed by atoms with van der Waals surface area (Å²) in [5.41, 5.74) is 7.80. The minimum Gasteiger partial charge on any atom is -0.492 e. The highest BCUT2D eigenvalue weighted by molar-refractivity contribution is 5.85. The number of likely N-dealkylation sites (tertiary alicyclic amines) is 1. The number of aromatic nitrogens is 2. The molecule has 0 aliphatic carbocycles. The SMILES string of the molecule is CCc1cccc(OCCN(C)C(=O)CN2CCC(CN(C=O)c3nc(OCCOC)nc(N)c3NC)CC2)c1.O=CO. The van der Waals surface area contributed by atoms with Crippen LogP contribution < -0.4 is 25.4 Å². The Morgan fingerprint density at radius 2 is 1.91 bits per heavy atom. The van der Waals surface area contributed by atoms with Crippen LogP contribution in [0.1, 0.15) is 25.3 Å². The zero-order chi connectivity index (χ0) is 31.6. The number of carboxylic acid groups (broad SMARTS) is 1. The number of amides is 2. The molecule has 1 aromatic heterocycles. The summed E-state index contributed by atoms with van der Waals surface area (Å²) in [6, 6.07) is 8.12. The number of anilines is 3.